The van der Waals surface area contributed by atoms with E-state index in [4.69, 9.17) is 10.2 Å². The second-order valence-corrected chi connectivity index (χ2v) is 2.40. The third-order valence-electron chi connectivity index (χ3n) is 1.40. The molecule has 0 spiro atoms. The Labute approximate surface area is 122 Å². The van der Waals surface area contributed by atoms with Gasteiger partial charge in [-0.3, -0.25) is 0 Å². The maximum atomic E-state index is 10.9. The van der Waals surface area contributed by atoms with E-state index < -0.39 is 11.7 Å². The molecule has 0 fully saturated rings. The summed E-state index contributed by atoms with van der Waals surface area (Å²) in [5.41, 5.74) is 0.449. The Balaban J connectivity index is 0. The zero-order valence-electron chi connectivity index (χ0n) is 8.30. The number of carboxylic acid groups (broad SMARTS) is 1. The van der Waals surface area contributed by atoms with Crippen molar-refractivity contribution >= 4 is 60.9 Å². The molecule has 1 aromatic rings. The minimum atomic E-state index is -1.08. The topological polar surface area (TPSA) is 80.6 Å². The molecular formula is C9H8BaO4. The van der Waals surface area contributed by atoms with Crippen molar-refractivity contribution in [1.29, 1.82) is 0 Å². The molecule has 0 atom stereocenters. The van der Waals surface area contributed by atoms with Crippen LogP contribution >= 0.6 is 0 Å². The molecule has 0 bridgehead atoms. The molecule has 14 heavy (non-hydrogen) atoms. The van der Waals surface area contributed by atoms with E-state index in [2.05, 4.69) is 0 Å². The molecule has 2 N–H and O–H groups in total. The molecule has 0 unspecified atom stereocenters. The first-order chi connectivity index (χ1) is 6.09. The van der Waals surface area contributed by atoms with Crippen molar-refractivity contribution < 1.29 is 21.5 Å². The van der Waals surface area contributed by atoms with Crippen molar-refractivity contribution in [3.05, 3.63) is 29.8 Å². The van der Waals surface area contributed by atoms with E-state index in [9.17, 15) is 9.90 Å². The van der Waals surface area contributed by atoms with Crippen LogP contribution in [0.2, 0.25) is 0 Å². The van der Waals surface area contributed by atoms with Crippen molar-refractivity contribution in [2.75, 3.05) is 0 Å². The van der Waals surface area contributed by atoms with E-state index >= 15 is 0 Å². The number of aliphatic carboxylic acids is 1. The van der Waals surface area contributed by atoms with Gasteiger partial charge in [-0.25, -0.2) is 4.79 Å². The molecule has 1 aromatic carbocycles. The fourth-order valence-electron chi connectivity index (χ4n) is 0.802. The number of carbonyl (C=O) groups is 1. The first-order valence-corrected chi connectivity index (χ1v) is 3.50. The zero-order valence-corrected chi connectivity index (χ0v) is 11.7. The van der Waals surface area contributed by atoms with Crippen molar-refractivity contribution in [2.45, 2.75) is 0 Å². The van der Waals surface area contributed by atoms with Crippen LogP contribution in [-0.2, 0) is 4.79 Å². The Morgan fingerprint density at radius 2 is 2.14 bits per heavy atom. The molecule has 0 saturated heterocycles. The summed E-state index contributed by atoms with van der Waals surface area (Å²) in [5.74, 6) is -1.94. The molecule has 70 valence electrons. The second kappa shape index (κ2) is 6.15. The van der Waals surface area contributed by atoms with Crippen LogP contribution in [0.15, 0.2) is 24.3 Å². The predicted octanol–water partition coefficient (Wildman–Crippen LogP) is 0.295. The van der Waals surface area contributed by atoms with E-state index in [-0.39, 0.29) is 56.1 Å². The smallest absolute Gasteiger partial charge is 1.00 e. The Morgan fingerprint density at radius 1 is 1.50 bits per heavy atom. The van der Waals surface area contributed by atoms with Gasteiger partial charge >= 0.3 is 54.9 Å². The van der Waals surface area contributed by atoms with Gasteiger partial charge in [0.15, 0.2) is 0 Å². The summed E-state index contributed by atoms with van der Waals surface area (Å²) in [7, 11) is 0. The summed E-state index contributed by atoms with van der Waals surface area (Å²) in [6.07, 6.45) is 2.20. The van der Waals surface area contributed by atoms with Gasteiger partial charge < -0.3 is 16.7 Å². The van der Waals surface area contributed by atoms with Crippen molar-refractivity contribution in [1.82, 2.24) is 0 Å². The van der Waals surface area contributed by atoms with Gasteiger partial charge in [0, 0.05) is 6.08 Å². The maximum Gasteiger partial charge on any atom is 2.00 e. The molecule has 0 aliphatic carbocycles. The number of phenols is 1. The SMILES string of the molecule is O=C(O)/C=C/c1ccc(O)c([O-])c1.[Ba+2].[H-]. The van der Waals surface area contributed by atoms with Crippen LogP contribution in [0.3, 0.4) is 0 Å². The summed E-state index contributed by atoms with van der Waals surface area (Å²) >= 11 is 0. The summed E-state index contributed by atoms with van der Waals surface area (Å²) in [6.45, 7) is 0. The van der Waals surface area contributed by atoms with Crippen molar-refractivity contribution in [3.8, 4) is 11.5 Å². The molecule has 0 heterocycles. The molecule has 0 amide bonds. The van der Waals surface area contributed by atoms with Gasteiger partial charge in [0.05, 0.1) is 0 Å². The number of rotatable bonds is 2. The van der Waals surface area contributed by atoms with Gasteiger partial charge in [0.25, 0.3) is 0 Å². The Bertz CT molecular complexity index is 365. The summed E-state index contributed by atoms with van der Waals surface area (Å²) in [6, 6.07) is 3.84. The van der Waals surface area contributed by atoms with Gasteiger partial charge in [0.2, 0.25) is 0 Å². The first kappa shape index (κ1) is 13.6. The molecule has 0 aliphatic rings. The summed E-state index contributed by atoms with van der Waals surface area (Å²) in [4.78, 5) is 10.1. The molecule has 1 rings (SSSR count). The summed E-state index contributed by atoms with van der Waals surface area (Å²) < 4.78 is 0. The van der Waals surface area contributed by atoms with Crippen LogP contribution in [0.25, 0.3) is 6.08 Å². The van der Waals surface area contributed by atoms with E-state index in [0.29, 0.717) is 5.56 Å². The van der Waals surface area contributed by atoms with E-state index in [0.717, 1.165) is 12.1 Å². The van der Waals surface area contributed by atoms with Crippen LogP contribution in [0.1, 0.15) is 6.99 Å². The van der Waals surface area contributed by atoms with Gasteiger partial charge in [-0.2, -0.15) is 0 Å². The quantitative estimate of drug-likeness (QED) is 0.607. The maximum absolute atomic E-state index is 10.9. The number of hydrogen-bond acceptors (Lipinski definition) is 3. The van der Waals surface area contributed by atoms with Crippen LogP contribution < -0.4 is 5.11 Å². The molecule has 5 heteroatoms. The third-order valence-corrected chi connectivity index (χ3v) is 1.40. The normalized spacial score (nSPS) is 9.71. The first-order valence-electron chi connectivity index (χ1n) is 3.50. The molecule has 0 radical (unpaired) electrons. The van der Waals surface area contributed by atoms with E-state index in [1.54, 1.807) is 0 Å². The fraction of sp³-hybridized carbons (Fsp3) is 0. The Hall–Kier alpha value is -0.399. The molecular weight excluding hydrogens is 309 g/mol. The van der Waals surface area contributed by atoms with Crippen molar-refractivity contribution in [2.24, 2.45) is 0 Å². The Kier molecular flexibility index (Phi) is 5.98. The average molecular weight is 317 g/mol. The largest absolute Gasteiger partial charge is 2.00 e. The number of benzene rings is 1. The number of phenolic OH excluding ortho intramolecular Hbond substituents is 1. The minimum Gasteiger partial charge on any atom is -1.00 e. The molecule has 0 saturated carbocycles. The van der Waals surface area contributed by atoms with Gasteiger partial charge in [0.1, 0.15) is 5.75 Å². The van der Waals surface area contributed by atoms with E-state index in [1.807, 2.05) is 0 Å². The molecule has 4 nitrogen and oxygen atoms in total. The average Bonchev–Trinajstić information content (AvgIpc) is 2.07. The van der Waals surface area contributed by atoms with Crippen LogP contribution in [-0.4, -0.2) is 65.1 Å². The monoisotopic (exact) mass is 318 g/mol. The van der Waals surface area contributed by atoms with Crippen molar-refractivity contribution in [3.63, 3.8) is 0 Å². The zero-order chi connectivity index (χ0) is 9.84. The standard InChI is InChI=1S/C9H8O4.Ba.H/c10-7-3-1-6(5-8(7)11)2-4-9(12)13;;/h1-5,10-11H,(H,12,13);;/q;+2;-1/p-1/b4-2+;;. The molecule has 0 aliphatic heterocycles. The van der Waals surface area contributed by atoms with Crippen LogP contribution in [0, 0.1) is 0 Å². The van der Waals surface area contributed by atoms with Crippen LogP contribution in [0.5, 0.6) is 11.5 Å². The number of hydrogen-bond donors (Lipinski definition) is 2. The second-order valence-electron chi connectivity index (χ2n) is 2.40. The minimum absolute atomic E-state index is 0. The van der Waals surface area contributed by atoms with Gasteiger partial charge in [-0.05, 0) is 17.7 Å². The van der Waals surface area contributed by atoms with Crippen LogP contribution in [0.4, 0.5) is 0 Å². The van der Waals surface area contributed by atoms with Gasteiger partial charge in [-0.15, -0.1) is 0 Å². The fourth-order valence-corrected chi connectivity index (χ4v) is 0.802. The van der Waals surface area contributed by atoms with Gasteiger partial charge in [-0.1, -0.05) is 17.9 Å². The number of carboxylic acids is 1. The predicted molar refractivity (Wildman–Crippen MR) is 51.1 cm³/mol. The van der Waals surface area contributed by atoms with E-state index in [1.165, 1.54) is 18.2 Å². The third kappa shape index (κ3) is 4.21. The number of aromatic hydroxyl groups is 1. The summed E-state index contributed by atoms with van der Waals surface area (Å²) in [5, 5.41) is 28.0. The Morgan fingerprint density at radius 3 is 2.64 bits per heavy atom. The molecule has 0 aromatic heterocycles.